The topological polar surface area (TPSA) is 32.8 Å². The summed E-state index contributed by atoms with van der Waals surface area (Å²) in [5, 5.41) is 9.78. The summed E-state index contributed by atoms with van der Waals surface area (Å²) < 4.78 is 49.5. The van der Waals surface area contributed by atoms with Crippen molar-refractivity contribution in [3.05, 3.63) is 94.3 Å². The Kier molecular flexibility index (Phi) is 6.99. The molecule has 0 spiro atoms. The van der Waals surface area contributed by atoms with Crippen LogP contribution in [0, 0.1) is 29.3 Å². The van der Waals surface area contributed by atoms with Crippen LogP contribution in [0.25, 0.3) is 11.6 Å². The number of rotatable bonds is 6. The van der Waals surface area contributed by atoms with Crippen molar-refractivity contribution in [3.63, 3.8) is 0 Å². The van der Waals surface area contributed by atoms with Gasteiger partial charge in [0, 0.05) is 11.1 Å². The zero-order chi connectivity index (χ0) is 24.5. The minimum Gasteiger partial charge on any atom is -0.393 e. The Morgan fingerprint density at radius 1 is 1.03 bits per heavy atom. The van der Waals surface area contributed by atoms with Crippen LogP contribution < -0.4 is 0 Å². The van der Waals surface area contributed by atoms with E-state index in [1.807, 2.05) is 30.4 Å². The highest BCUT2D eigenvalue weighted by molar-refractivity contribution is 5.75. The van der Waals surface area contributed by atoms with Crippen molar-refractivity contribution < 1.29 is 23.0 Å². The third-order valence-corrected chi connectivity index (χ3v) is 7.70. The Hall–Kier alpha value is -2.63. The molecule has 1 N–H and O–H groups in total. The van der Waals surface area contributed by atoms with E-state index in [0.717, 1.165) is 36.8 Å². The molecular weight excluding hydrogens is 449 g/mol. The van der Waals surface area contributed by atoms with Crippen LogP contribution >= 0.6 is 0 Å². The normalized spacial score (nSPS) is 27.2. The fourth-order valence-corrected chi connectivity index (χ4v) is 5.35. The first-order chi connectivity index (χ1) is 16.9. The van der Waals surface area contributed by atoms with Crippen LogP contribution in [-0.2, 0) is 4.74 Å². The van der Waals surface area contributed by atoms with E-state index in [2.05, 4.69) is 0 Å². The number of hydrogen-bond donors (Lipinski definition) is 1. The summed E-state index contributed by atoms with van der Waals surface area (Å²) in [6.45, 7) is 2.44. The maximum absolute atomic E-state index is 14.9. The van der Waals surface area contributed by atoms with Gasteiger partial charge in [-0.25, -0.2) is 13.2 Å². The molecule has 3 atom stereocenters. The SMILES string of the molecule is CC(O)C1CCC(c2ccc(/C=C/C3C=CC(c4ccc(C5CO5)cc4F)=CC3)c(F)c2F)CC1. The third-order valence-electron chi connectivity index (χ3n) is 7.70. The van der Waals surface area contributed by atoms with Crippen LogP contribution in [0.3, 0.4) is 0 Å². The zero-order valence-electron chi connectivity index (χ0n) is 19.9. The van der Waals surface area contributed by atoms with Gasteiger partial charge in [0.1, 0.15) is 11.9 Å². The standard InChI is InChI=1S/C30H31F3O2/c1-18(34)20-8-10-22(11-9-20)26-15-12-23(29(32)30(26)33)7-4-19-2-5-21(6-3-19)25-14-13-24(16-27(25)31)28-17-35-28/h2,4-7,12-16,18-20,22,28,34H,3,8-11,17H2,1H3/b7-4+. The molecular formula is C30H31F3O2. The van der Waals surface area contributed by atoms with Crippen LogP contribution in [0.2, 0.25) is 0 Å². The zero-order valence-corrected chi connectivity index (χ0v) is 19.9. The predicted molar refractivity (Wildman–Crippen MR) is 132 cm³/mol. The van der Waals surface area contributed by atoms with E-state index < -0.39 is 11.6 Å². The average molecular weight is 481 g/mol. The van der Waals surface area contributed by atoms with E-state index in [1.165, 1.54) is 6.07 Å². The van der Waals surface area contributed by atoms with Crippen molar-refractivity contribution >= 4 is 11.6 Å². The van der Waals surface area contributed by atoms with Gasteiger partial charge in [-0.1, -0.05) is 54.6 Å². The predicted octanol–water partition coefficient (Wildman–Crippen LogP) is 7.50. The molecule has 0 amide bonds. The summed E-state index contributed by atoms with van der Waals surface area (Å²) in [5.41, 5.74) is 2.91. The number of epoxide rings is 1. The van der Waals surface area contributed by atoms with Gasteiger partial charge in [-0.05, 0) is 79.5 Å². The second-order valence-corrected chi connectivity index (χ2v) is 10.1. The van der Waals surface area contributed by atoms with E-state index in [4.69, 9.17) is 4.74 Å². The molecule has 3 aliphatic rings. The van der Waals surface area contributed by atoms with E-state index in [-0.39, 0.29) is 41.3 Å². The lowest BCUT2D eigenvalue weighted by atomic mass is 9.76. The Morgan fingerprint density at radius 3 is 2.43 bits per heavy atom. The molecule has 3 unspecified atom stereocenters. The number of allylic oxidation sites excluding steroid dienone is 5. The maximum Gasteiger partial charge on any atom is 0.166 e. The molecule has 2 aromatic rings. The summed E-state index contributed by atoms with van der Waals surface area (Å²) in [7, 11) is 0. The molecule has 1 saturated carbocycles. The number of aliphatic hydroxyl groups is 1. The molecule has 5 heteroatoms. The van der Waals surface area contributed by atoms with Gasteiger partial charge in [0.25, 0.3) is 0 Å². The first-order valence-corrected chi connectivity index (χ1v) is 12.5. The van der Waals surface area contributed by atoms with Crippen LogP contribution in [-0.4, -0.2) is 17.8 Å². The number of aliphatic hydroxyl groups excluding tert-OH is 1. The van der Waals surface area contributed by atoms with Crippen molar-refractivity contribution in [1.82, 2.24) is 0 Å². The van der Waals surface area contributed by atoms with Gasteiger partial charge < -0.3 is 9.84 Å². The molecule has 35 heavy (non-hydrogen) atoms. The van der Waals surface area contributed by atoms with E-state index in [0.29, 0.717) is 24.2 Å². The molecule has 1 heterocycles. The number of benzene rings is 2. The maximum atomic E-state index is 14.9. The monoisotopic (exact) mass is 480 g/mol. The summed E-state index contributed by atoms with van der Waals surface area (Å²) >= 11 is 0. The van der Waals surface area contributed by atoms with Crippen molar-refractivity contribution in [3.8, 4) is 0 Å². The smallest absolute Gasteiger partial charge is 0.166 e. The summed E-state index contributed by atoms with van der Waals surface area (Å²) in [5.74, 6) is -1.57. The van der Waals surface area contributed by atoms with Crippen molar-refractivity contribution in [2.75, 3.05) is 6.61 Å². The van der Waals surface area contributed by atoms with Gasteiger partial charge in [0.2, 0.25) is 0 Å². The highest BCUT2D eigenvalue weighted by Gasteiger charge is 2.28. The molecule has 0 bridgehead atoms. The first kappa shape index (κ1) is 24.1. The van der Waals surface area contributed by atoms with Gasteiger partial charge in [0.15, 0.2) is 11.6 Å². The Balaban J connectivity index is 1.22. The van der Waals surface area contributed by atoms with Gasteiger partial charge in [0.05, 0.1) is 12.7 Å². The van der Waals surface area contributed by atoms with Crippen LogP contribution in [0.15, 0.2) is 54.6 Å². The number of ether oxygens (including phenoxy) is 1. The average Bonchev–Trinajstić information content (AvgIpc) is 3.71. The molecule has 0 aromatic heterocycles. The molecule has 2 fully saturated rings. The molecule has 184 valence electrons. The molecule has 2 aromatic carbocycles. The van der Waals surface area contributed by atoms with Crippen molar-refractivity contribution in [2.45, 2.75) is 57.2 Å². The van der Waals surface area contributed by atoms with Gasteiger partial charge in [-0.15, -0.1) is 0 Å². The van der Waals surface area contributed by atoms with Gasteiger partial charge in [-0.3, -0.25) is 0 Å². The second kappa shape index (κ2) is 10.2. The summed E-state index contributed by atoms with van der Waals surface area (Å²) in [6.07, 6.45) is 12.8. The number of halogens is 3. The Bertz CT molecular complexity index is 1170. The van der Waals surface area contributed by atoms with Crippen LogP contribution in [0.4, 0.5) is 13.2 Å². The van der Waals surface area contributed by atoms with Gasteiger partial charge in [-0.2, -0.15) is 0 Å². The minimum atomic E-state index is -0.811. The lowest BCUT2D eigenvalue weighted by molar-refractivity contribution is 0.0963. The van der Waals surface area contributed by atoms with E-state index in [1.54, 1.807) is 31.2 Å². The van der Waals surface area contributed by atoms with Crippen LogP contribution in [0.5, 0.6) is 0 Å². The molecule has 1 aliphatic heterocycles. The highest BCUT2D eigenvalue weighted by atomic mass is 19.2. The first-order valence-electron chi connectivity index (χ1n) is 12.5. The molecule has 2 nitrogen and oxygen atoms in total. The van der Waals surface area contributed by atoms with Gasteiger partial charge >= 0.3 is 0 Å². The fraction of sp³-hybridized carbons (Fsp3) is 0.400. The Morgan fingerprint density at radius 2 is 1.80 bits per heavy atom. The number of hydrogen-bond acceptors (Lipinski definition) is 2. The van der Waals surface area contributed by atoms with Crippen LogP contribution in [0.1, 0.15) is 73.3 Å². The lowest BCUT2D eigenvalue weighted by Crippen LogP contribution is -2.23. The molecule has 2 aliphatic carbocycles. The molecule has 0 radical (unpaired) electrons. The Labute approximate surface area is 204 Å². The molecule has 1 saturated heterocycles. The third kappa shape index (κ3) is 5.31. The van der Waals surface area contributed by atoms with E-state index in [9.17, 15) is 18.3 Å². The fourth-order valence-electron chi connectivity index (χ4n) is 5.35. The summed E-state index contributed by atoms with van der Waals surface area (Å²) in [4.78, 5) is 0. The summed E-state index contributed by atoms with van der Waals surface area (Å²) in [6, 6.07) is 8.58. The lowest BCUT2D eigenvalue weighted by Gasteiger charge is -2.30. The second-order valence-electron chi connectivity index (χ2n) is 10.1. The highest BCUT2D eigenvalue weighted by Crippen LogP contribution is 2.39. The van der Waals surface area contributed by atoms with Crippen molar-refractivity contribution in [1.29, 1.82) is 0 Å². The molecule has 5 rings (SSSR count). The minimum absolute atomic E-state index is 0.00590. The largest absolute Gasteiger partial charge is 0.393 e. The van der Waals surface area contributed by atoms with E-state index >= 15 is 0 Å². The van der Waals surface area contributed by atoms with Crippen molar-refractivity contribution in [2.24, 2.45) is 11.8 Å². The quantitative estimate of drug-likeness (QED) is 0.434.